The van der Waals surface area contributed by atoms with Gasteiger partial charge in [0, 0.05) is 47.5 Å². The monoisotopic (exact) mass is 355 g/mol. The van der Waals surface area contributed by atoms with Gasteiger partial charge in [-0.1, -0.05) is 18.2 Å². The predicted octanol–water partition coefficient (Wildman–Crippen LogP) is 5.57. The van der Waals surface area contributed by atoms with Crippen LogP contribution in [0.5, 0.6) is 0 Å². The fraction of sp³-hybridized carbons (Fsp3) is 0.0909. The molecule has 0 N–H and O–H groups in total. The van der Waals surface area contributed by atoms with E-state index in [1.807, 2.05) is 6.07 Å². The van der Waals surface area contributed by atoms with Crippen LogP contribution in [-0.2, 0) is 0 Å². The van der Waals surface area contributed by atoms with E-state index in [0.717, 1.165) is 10.4 Å². The summed E-state index contributed by atoms with van der Waals surface area (Å²) >= 11 is 1.70. The van der Waals surface area contributed by atoms with Gasteiger partial charge in [-0.2, -0.15) is 5.26 Å². The molecule has 126 valence electrons. The van der Waals surface area contributed by atoms with Crippen molar-refractivity contribution in [1.82, 2.24) is 4.98 Å². The third kappa shape index (κ3) is 2.94. The molecule has 0 fully saturated rings. The first-order valence-electron chi connectivity index (χ1n) is 8.31. The largest absolute Gasteiger partial charge is 0.378 e. The maximum absolute atomic E-state index is 9.29. The van der Waals surface area contributed by atoms with Gasteiger partial charge in [-0.3, -0.25) is 4.98 Å². The zero-order valence-electron chi connectivity index (χ0n) is 14.6. The van der Waals surface area contributed by atoms with E-state index >= 15 is 0 Å². The average Bonchev–Trinajstić information content (AvgIpc) is 3.17. The minimum absolute atomic E-state index is 0.607. The minimum atomic E-state index is 0.607. The first-order chi connectivity index (χ1) is 12.7. The lowest BCUT2D eigenvalue weighted by Gasteiger charge is -2.13. The number of thiophene rings is 1. The van der Waals surface area contributed by atoms with Crippen LogP contribution in [0.1, 0.15) is 5.56 Å². The van der Waals surface area contributed by atoms with Crippen molar-refractivity contribution in [2.24, 2.45) is 0 Å². The molecule has 2 aromatic carbocycles. The quantitative estimate of drug-likeness (QED) is 0.482. The van der Waals surface area contributed by atoms with Crippen LogP contribution in [0.25, 0.3) is 31.7 Å². The summed E-state index contributed by atoms with van der Waals surface area (Å²) in [5, 5.41) is 11.8. The van der Waals surface area contributed by atoms with Crippen LogP contribution in [0.15, 0.2) is 67.0 Å². The van der Waals surface area contributed by atoms with Gasteiger partial charge < -0.3 is 4.90 Å². The Morgan fingerprint density at radius 2 is 1.69 bits per heavy atom. The number of nitriles is 1. The van der Waals surface area contributed by atoms with Crippen molar-refractivity contribution in [3.8, 4) is 27.0 Å². The number of anilines is 1. The molecule has 4 rings (SSSR count). The highest BCUT2D eigenvalue weighted by atomic mass is 32.1. The van der Waals surface area contributed by atoms with Gasteiger partial charge in [0.2, 0.25) is 0 Å². The lowest BCUT2D eigenvalue weighted by Crippen LogP contribution is -2.07. The Morgan fingerprint density at radius 1 is 0.923 bits per heavy atom. The van der Waals surface area contributed by atoms with E-state index in [-0.39, 0.29) is 0 Å². The van der Waals surface area contributed by atoms with Gasteiger partial charge >= 0.3 is 0 Å². The Kier molecular flexibility index (Phi) is 4.16. The number of aromatic nitrogens is 1. The molecule has 0 radical (unpaired) electrons. The van der Waals surface area contributed by atoms with Crippen LogP contribution in [0.4, 0.5) is 5.69 Å². The Hall–Kier alpha value is -3.16. The molecule has 2 aromatic heterocycles. The van der Waals surface area contributed by atoms with Gasteiger partial charge in [0.1, 0.15) is 6.07 Å². The Balaban J connectivity index is 1.74. The summed E-state index contributed by atoms with van der Waals surface area (Å²) in [6.07, 6.45) is 3.35. The van der Waals surface area contributed by atoms with Crippen molar-refractivity contribution in [1.29, 1.82) is 5.26 Å². The van der Waals surface area contributed by atoms with Gasteiger partial charge in [-0.25, -0.2) is 0 Å². The van der Waals surface area contributed by atoms with E-state index in [9.17, 15) is 5.26 Å². The third-order valence-electron chi connectivity index (χ3n) is 4.44. The molecule has 0 saturated heterocycles. The van der Waals surface area contributed by atoms with Crippen molar-refractivity contribution in [3.05, 3.63) is 72.6 Å². The van der Waals surface area contributed by atoms with E-state index in [4.69, 9.17) is 0 Å². The van der Waals surface area contributed by atoms with Crippen LogP contribution >= 0.6 is 11.3 Å². The van der Waals surface area contributed by atoms with Crippen molar-refractivity contribution in [2.45, 2.75) is 0 Å². The summed E-state index contributed by atoms with van der Waals surface area (Å²) in [4.78, 5) is 8.43. The van der Waals surface area contributed by atoms with Crippen molar-refractivity contribution in [2.75, 3.05) is 19.0 Å². The topological polar surface area (TPSA) is 39.9 Å². The van der Waals surface area contributed by atoms with E-state index in [1.54, 1.807) is 23.7 Å². The van der Waals surface area contributed by atoms with E-state index in [2.05, 4.69) is 78.6 Å². The van der Waals surface area contributed by atoms with Gasteiger partial charge in [-0.05, 0) is 52.7 Å². The van der Waals surface area contributed by atoms with Crippen molar-refractivity contribution < 1.29 is 0 Å². The maximum Gasteiger partial charge on any atom is 0.101 e. The van der Waals surface area contributed by atoms with Crippen molar-refractivity contribution in [3.63, 3.8) is 0 Å². The molecule has 0 bridgehead atoms. The Labute approximate surface area is 156 Å². The first kappa shape index (κ1) is 16.3. The molecule has 0 aliphatic rings. The number of rotatable bonds is 3. The molecule has 4 heteroatoms. The molecule has 0 aliphatic carbocycles. The summed E-state index contributed by atoms with van der Waals surface area (Å²) < 4.78 is 0. The molecule has 0 aliphatic heterocycles. The number of hydrogen-bond donors (Lipinski definition) is 0. The molecular weight excluding hydrogens is 338 g/mol. The smallest absolute Gasteiger partial charge is 0.101 e. The summed E-state index contributed by atoms with van der Waals surface area (Å²) in [5.41, 5.74) is 3.94. The highest BCUT2D eigenvalue weighted by molar-refractivity contribution is 7.18. The summed E-state index contributed by atoms with van der Waals surface area (Å²) in [7, 11) is 4.11. The highest BCUT2D eigenvalue weighted by Gasteiger charge is 2.09. The zero-order chi connectivity index (χ0) is 18.1. The minimum Gasteiger partial charge on any atom is -0.378 e. The number of fused-ring (bicyclic) bond motifs is 1. The molecule has 0 spiro atoms. The van der Waals surface area contributed by atoms with Gasteiger partial charge in [0.15, 0.2) is 0 Å². The second-order valence-electron chi connectivity index (χ2n) is 6.34. The van der Waals surface area contributed by atoms with E-state index in [0.29, 0.717) is 5.56 Å². The zero-order valence-corrected chi connectivity index (χ0v) is 15.4. The van der Waals surface area contributed by atoms with Gasteiger partial charge in [-0.15, -0.1) is 11.3 Å². The summed E-state index contributed by atoms with van der Waals surface area (Å²) in [5.74, 6) is 0. The molecule has 0 atom stereocenters. The lowest BCUT2D eigenvalue weighted by molar-refractivity contribution is 1.14. The molecule has 3 nitrogen and oxygen atoms in total. The molecule has 0 unspecified atom stereocenters. The number of nitrogens with zero attached hydrogens (tertiary/aromatic N) is 3. The number of benzene rings is 2. The van der Waals surface area contributed by atoms with Crippen LogP contribution in [0, 0.1) is 11.3 Å². The lowest BCUT2D eigenvalue weighted by atomic mass is 10.0. The fourth-order valence-electron chi connectivity index (χ4n) is 3.00. The number of hydrogen-bond acceptors (Lipinski definition) is 4. The predicted molar refractivity (Wildman–Crippen MR) is 110 cm³/mol. The van der Waals surface area contributed by atoms with Gasteiger partial charge in [0.05, 0.1) is 5.56 Å². The normalized spacial score (nSPS) is 10.7. The fourth-order valence-corrected chi connectivity index (χ4v) is 4.04. The van der Waals surface area contributed by atoms with E-state index in [1.165, 1.54) is 26.9 Å². The molecular formula is C22H17N3S. The number of pyridine rings is 1. The second-order valence-corrected chi connectivity index (χ2v) is 7.42. The highest BCUT2D eigenvalue weighted by Crippen LogP contribution is 2.36. The molecule has 2 heterocycles. The SMILES string of the molecule is CN(C)c1ccc2cc(-c3ccc(-c4ccncc4C#N)s3)ccc2c1. The van der Waals surface area contributed by atoms with Gasteiger partial charge in [0.25, 0.3) is 0 Å². The Morgan fingerprint density at radius 3 is 2.50 bits per heavy atom. The molecule has 0 amide bonds. The third-order valence-corrected chi connectivity index (χ3v) is 5.61. The molecule has 4 aromatic rings. The average molecular weight is 355 g/mol. The van der Waals surface area contributed by atoms with Crippen LogP contribution in [0.2, 0.25) is 0 Å². The maximum atomic E-state index is 9.29. The summed E-state index contributed by atoms with van der Waals surface area (Å²) in [6.45, 7) is 0. The van der Waals surface area contributed by atoms with E-state index < -0.39 is 0 Å². The summed E-state index contributed by atoms with van der Waals surface area (Å²) in [6, 6.07) is 21.4. The first-order valence-corrected chi connectivity index (χ1v) is 9.13. The second kappa shape index (κ2) is 6.62. The van der Waals surface area contributed by atoms with Crippen LogP contribution in [0.3, 0.4) is 0 Å². The van der Waals surface area contributed by atoms with Crippen molar-refractivity contribution >= 4 is 27.8 Å². The van der Waals surface area contributed by atoms with Crippen LogP contribution < -0.4 is 4.90 Å². The molecule has 26 heavy (non-hydrogen) atoms. The molecule has 0 saturated carbocycles. The Bertz CT molecular complexity index is 1140. The van der Waals surface area contributed by atoms with Crippen LogP contribution in [-0.4, -0.2) is 19.1 Å². The standard InChI is InChI=1S/C22H17N3S/c1-25(2)19-6-5-15-11-17(4-3-16(15)12-19)21-7-8-22(26-21)20-9-10-24-14-18(20)13-23/h3-12,14H,1-2H3.